The number of amides is 1. The Bertz CT molecular complexity index is 1030. The lowest BCUT2D eigenvalue weighted by molar-refractivity contribution is 0.0946. The zero-order valence-corrected chi connectivity index (χ0v) is 15.0. The monoisotopic (exact) mass is 368 g/mol. The molecule has 1 saturated heterocycles. The van der Waals surface area contributed by atoms with E-state index >= 15 is 0 Å². The van der Waals surface area contributed by atoms with Crippen molar-refractivity contribution in [3.05, 3.63) is 57.6 Å². The Kier molecular flexibility index (Phi) is 4.72. The molecule has 3 heterocycles. The zero-order valence-electron chi connectivity index (χ0n) is 15.0. The third-order valence-corrected chi connectivity index (χ3v) is 4.76. The largest absolute Gasteiger partial charge is 0.427 e. The third kappa shape index (κ3) is 3.48. The van der Waals surface area contributed by atoms with Crippen LogP contribution in [0.4, 0.5) is 0 Å². The highest BCUT2D eigenvalue weighted by Crippen LogP contribution is 2.25. The number of carbonyl (C=O) groups is 1. The van der Waals surface area contributed by atoms with Crippen molar-refractivity contribution in [2.75, 3.05) is 19.8 Å². The first-order valence-corrected chi connectivity index (χ1v) is 8.92. The number of carbonyl (C=O) groups excluding carboxylic acids is 1. The van der Waals surface area contributed by atoms with Crippen LogP contribution in [-0.2, 0) is 11.3 Å². The van der Waals surface area contributed by atoms with Crippen LogP contribution in [0.1, 0.15) is 34.0 Å². The third-order valence-electron chi connectivity index (χ3n) is 4.76. The van der Waals surface area contributed by atoms with Gasteiger partial charge in [-0.3, -0.25) is 4.79 Å². The minimum absolute atomic E-state index is 0.0427. The van der Waals surface area contributed by atoms with E-state index in [0.29, 0.717) is 37.6 Å². The van der Waals surface area contributed by atoms with Gasteiger partial charge in [-0.2, -0.15) is 0 Å². The maximum atomic E-state index is 12.5. The fourth-order valence-corrected chi connectivity index (χ4v) is 3.31. The predicted octanol–water partition coefficient (Wildman–Crippen LogP) is 1.63. The molecule has 1 aliphatic rings. The maximum Gasteiger partial charge on any atom is 0.349 e. The molecule has 1 atom stereocenters. The Hall–Kier alpha value is -3.00. The van der Waals surface area contributed by atoms with Crippen molar-refractivity contribution in [1.82, 2.24) is 20.3 Å². The normalized spacial score (nSPS) is 16.7. The van der Waals surface area contributed by atoms with Crippen LogP contribution in [0.2, 0.25) is 0 Å². The van der Waals surface area contributed by atoms with E-state index in [-0.39, 0.29) is 11.5 Å². The van der Waals surface area contributed by atoms with E-state index in [1.165, 1.54) is 0 Å². The standard InChI is InChI=1S/C19H20N4O4/c1-12-10-16(13-6-9-26-11-13)27-19(25)17(12)18(24)20-7-8-23-15-5-3-2-4-14(15)21-22-23/h2-5,10,13H,6-9,11H2,1H3,(H,20,24). The highest BCUT2D eigenvalue weighted by atomic mass is 16.5. The van der Waals surface area contributed by atoms with Gasteiger partial charge in [0.1, 0.15) is 16.8 Å². The summed E-state index contributed by atoms with van der Waals surface area (Å²) in [4.78, 5) is 24.8. The van der Waals surface area contributed by atoms with Gasteiger partial charge >= 0.3 is 5.63 Å². The fraction of sp³-hybridized carbons (Fsp3) is 0.368. The molecule has 1 N–H and O–H groups in total. The van der Waals surface area contributed by atoms with Crippen LogP contribution in [0.25, 0.3) is 11.0 Å². The molecule has 0 aliphatic carbocycles. The molecule has 1 aromatic carbocycles. The van der Waals surface area contributed by atoms with E-state index in [0.717, 1.165) is 17.5 Å². The number of nitrogens with zero attached hydrogens (tertiary/aromatic N) is 3. The summed E-state index contributed by atoms with van der Waals surface area (Å²) in [6.07, 6.45) is 0.819. The summed E-state index contributed by atoms with van der Waals surface area (Å²) < 4.78 is 12.4. The number of hydrogen-bond donors (Lipinski definition) is 1. The summed E-state index contributed by atoms with van der Waals surface area (Å²) in [5.41, 5.74) is 1.73. The molecule has 1 amide bonds. The highest BCUT2D eigenvalue weighted by Gasteiger charge is 2.24. The topological polar surface area (TPSA) is 99.2 Å². The Morgan fingerprint density at radius 1 is 1.37 bits per heavy atom. The van der Waals surface area contributed by atoms with E-state index in [1.54, 1.807) is 17.7 Å². The van der Waals surface area contributed by atoms with Crippen LogP contribution < -0.4 is 10.9 Å². The van der Waals surface area contributed by atoms with Crippen molar-refractivity contribution in [2.24, 2.45) is 0 Å². The molecule has 8 nitrogen and oxygen atoms in total. The lowest BCUT2D eigenvalue weighted by Crippen LogP contribution is -2.32. The average molecular weight is 368 g/mol. The van der Waals surface area contributed by atoms with Gasteiger partial charge in [-0.05, 0) is 37.1 Å². The van der Waals surface area contributed by atoms with Crippen molar-refractivity contribution >= 4 is 16.9 Å². The number of benzene rings is 1. The number of aromatic nitrogens is 3. The highest BCUT2D eigenvalue weighted by molar-refractivity contribution is 5.95. The first-order valence-electron chi connectivity index (χ1n) is 8.92. The van der Waals surface area contributed by atoms with Crippen LogP contribution >= 0.6 is 0 Å². The molecule has 1 unspecified atom stereocenters. The van der Waals surface area contributed by atoms with E-state index < -0.39 is 11.5 Å². The quantitative estimate of drug-likeness (QED) is 0.735. The molecule has 3 aromatic rings. The molecular weight excluding hydrogens is 348 g/mol. The van der Waals surface area contributed by atoms with Gasteiger partial charge in [-0.25, -0.2) is 9.48 Å². The Balaban J connectivity index is 1.44. The first-order chi connectivity index (χ1) is 13.1. The van der Waals surface area contributed by atoms with Crippen molar-refractivity contribution in [3.8, 4) is 0 Å². The molecule has 0 saturated carbocycles. The second kappa shape index (κ2) is 7.32. The van der Waals surface area contributed by atoms with Crippen molar-refractivity contribution < 1.29 is 13.9 Å². The molecule has 2 aromatic heterocycles. The molecule has 0 radical (unpaired) electrons. The second-order valence-corrected chi connectivity index (χ2v) is 6.61. The van der Waals surface area contributed by atoms with Crippen LogP contribution in [0.5, 0.6) is 0 Å². The minimum atomic E-state index is -0.611. The Labute approximate surface area is 155 Å². The van der Waals surface area contributed by atoms with E-state index in [1.807, 2.05) is 24.3 Å². The summed E-state index contributed by atoms with van der Waals surface area (Å²) in [6.45, 7) is 3.72. The van der Waals surface area contributed by atoms with Crippen LogP contribution in [0.3, 0.4) is 0 Å². The smallest absolute Gasteiger partial charge is 0.349 e. The van der Waals surface area contributed by atoms with Crippen molar-refractivity contribution in [3.63, 3.8) is 0 Å². The lowest BCUT2D eigenvalue weighted by atomic mass is 10.0. The van der Waals surface area contributed by atoms with Crippen LogP contribution in [0, 0.1) is 6.92 Å². The molecule has 1 fully saturated rings. The number of aryl methyl sites for hydroxylation is 1. The van der Waals surface area contributed by atoms with Gasteiger partial charge < -0.3 is 14.5 Å². The van der Waals surface area contributed by atoms with E-state index in [4.69, 9.17) is 9.15 Å². The fourth-order valence-electron chi connectivity index (χ4n) is 3.31. The summed E-state index contributed by atoms with van der Waals surface area (Å²) in [6, 6.07) is 9.36. The Morgan fingerprint density at radius 2 is 2.22 bits per heavy atom. The van der Waals surface area contributed by atoms with E-state index in [2.05, 4.69) is 15.6 Å². The number of hydrogen-bond acceptors (Lipinski definition) is 6. The zero-order chi connectivity index (χ0) is 18.8. The van der Waals surface area contributed by atoms with Gasteiger partial charge in [0.15, 0.2) is 0 Å². The predicted molar refractivity (Wildman–Crippen MR) is 97.8 cm³/mol. The van der Waals surface area contributed by atoms with Crippen LogP contribution in [0.15, 0.2) is 39.5 Å². The molecule has 27 heavy (non-hydrogen) atoms. The van der Waals surface area contributed by atoms with Gasteiger partial charge in [0, 0.05) is 19.1 Å². The molecule has 0 spiro atoms. The molecule has 1 aliphatic heterocycles. The summed E-state index contributed by atoms with van der Waals surface area (Å²) in [5, 5.41) is 10.9. The van der Waals surface area contributed by atoms with Crippen molar-refractivity contribution in [1.29, 1.82) is 0 Å². The van der Waals surface area contributed by atoms with Crippen LogP contribution in [-0.4, -0.2) is 40.7 Å². The lowest BCUT2D eigenvalue weighted by Gasteiger charge is -2.10. The van der Waals surface area contributed by atoms with Gasteiger partial charge in [0.25, 0.3) is 5.91 Å². The SMILES string of the molecule is Cc1cc(C2CCOC2)oc(=O)c1C(=O)NCCn1nnc2ccccc21. The molecule has 4 rings (SSSR count). The maximum absolute atomic E-state index is 12.5. The van der Waals surface area contributed by atoms with E-state index in [9.17, 15) is 9.59 Å². The number of ether oxygens (including phenoxy) is 1. The summed E-state index contributed by atoms with van der Waals surface area (Å²) >= 11 is 0. The number of nitrogens with one attached hydrogen (secondary N) is 1. The van der Waals surface area contributed by atoms with Gasteiger partial charge in [-0.15, -0.1) is 5.10 Å². The number of para-hydroxylation sites is 1. The number of rotatable bonds is 5. The number of fused-ring (bicyclic) bond motifs is 1. The summed E-state index contributed by atoms with van der Waals surface area (Å²) in [5.74, 6) is 0.217. The molecule has 140 valence electrons. The molecular formula is C19H20N4O4. The average Bonchev–Trinajstić information content (AvgIpc) is 3.31. The van der Waals surface area contributed by atoms with Crippen molar-refractivity contribution in [2.45, 2.75) is 25.8 Å². The van der Waals surface area contributed by atoms with Gasteiger partial charge in [-0.1, -0.05) is 17.3 Å². The molecule has 0 bridgehead atoms. The van der Waals surface area contributed by atoms with Gasteiger partial charge in [0.05, 0.1) is 18.7 Å². The first kappa shape index (κ1) is 17.4. The molecule has 8 heteroatoms. The Morgan fingerprint density at radius 3 is 3.00 bits per heavy atom. The van der Waals surface area contributed by atoms with Gasteiger partial charge in [0.2, 0.25) is 0 Å². The summed E-state index contributed by atoms with van der Waals surface area (Å²) in [7, 11) is 0. The second-order valence-electron chi connectivity index (χ2n) is 6.61. The minimum Gasteiger partial charge on any atom is -0.427 e.